The molecule has 1 saturated heterocycles. The molecule has 0 bridgehead atoms. The van der Waals surface area contributed by atoms with Crippen LogP contribution >= 0.6 is 0 Å². The molecule has 15 N–H and O–H groups in total. The summed E-state index contributed by atoms with van der Waals surface area (Å²) >= 11 is 0. The molecule has 55 heavy (non-hydrogen) atoms. The number of carbonyl (C=O) groups excluding carboxylic acids is 9. The van der Waals surface area contributed by atoms with Crippen molar-refractivity contribution in [1.29, 1.82) is 0 Å². The average Bonchev–Trinajstić information content (AvgIpc) is 3.61. The summed E-state index contributed by atoms with van der Waals surface area (Å²) in [5, 5.41) is 19.1. The first kappa shape index (κ1) is 45.0. The van der Waals surface area contributed by atoms with Crippen molar-refractivity contribution in [2.24, 2.45) is 28.7 Å². The molecular weight excluding hydrogens is 724 g/mol. The minimum absolute atomic E-state index is 0.00238. The van der Waals surface area contributed by atoms with Crippen molar-refractivity contribution in [3.8, 4) is 0 Å². The molecule has 0 spiro atoms. The molecule has 1 aromatic rings. The Morgan fingerprint density at radius 1 is 0.636 bits per heavy atom. The van der Waals surface area contributed by atoms with E-state index in [-0.39, 0.29) is 64.3 Å². The maximum Gasteiger partial charge on any atom is 0.326 e. The van der Waals surface area contributed by atoms with Gasteiger partial charge in [-0.1, -0.05) is 30.3 Å². The lowest BCUT2D eigenvalue weighted by molar-refractivity contribution is -0.144. The molecule has 0 aromatic heterocycles. The monoisotopic (exact) mass is 774 g/mol. The molecule has 6 atom stereocenters. The third-order valence-electron chi connectivity index (χ3n) is 8.69. The predicted molar refractivity (Wildman–Crippen MR) is 192 cm³/mol. The second-order valence-corrected chi connectivity index (χ2v) is 13.1. The number of nitrogens with two attached hydrogens (primary N) is 5. The van der Waals surface area contributed by atoms with Gasteiger partial charge in [-0.25, -0.2) is 4.79 Å². The maximum atomic E-state index is 14.0. The van der Waals surface area contributed by atoms with Crippen molar-refractivity contribution < 1.29 is 53.1 Å². The van der Waals surface area contributed by atoms with Crippen LogP contribution in [-0.4, -0.2) is 112 Å². The fourth-order valence-corrected chi connectivity index (χ4v) is 5.75. The Kier molecular flexibility index (Phi) is 18.2. The van der Waals surface area contributed by atoms with E-state index in [4.69, 9.17) is 28.7 Å². The number of amides is 9. The Hall–Kier alpha value is -6.12. The number of carbonyl (C=O) groups is 10. The molecule has 0 aliphatic carbocycles. The van der Waals surface area contributed by atoms with Crippen LogP contribution in [0.4, 0.5) is 0 Å². The van der Waals surface area contributed by atoms with Crippen molar-refractivity contribution >= 4 is 59.1 Å². The van der Waals surface area contributed by atoms with Gasteiger partial charge in [0.05, 0.1) is 6.04 Å². The van der Waals surface area contributed by atoms with E-state index >= 15 is 0 Å². The molecule has 0 unspecified atom stereocenters. The number of likely N-dealkylation sites (tertiary alicyclic amines) is 1. The zero-order valence-electron chi connectivity index (χ0n) is 30.2. The summed E-state index contributed by atoms with van der Waals surface area (Å²) in [6.07, 6.45) is -2.26. The lowest BCUT2D eigenvalue weighted by atomic mass is 10.0. The number of carboxylic acids is 1. The van der Waals surface area contributed by atoms with Gasteiger partial charge in [-0.3, -0.25) is 43.2 Å². The molecular formula is C34H50N10O11. The topological polar surface area (TPSA) is 372 Å². The van der Waals surface area contributed by atoms with E-state index in [0.717, 1.165) is 10.5 Å². The van der Waals surface area contributed by atoms with E-state index in [9.17, 15) is 53.1 Å². The van der Waals surface area contributed by atoms with Crippen molar-refractivity contribution in [2.45, 2.75) is 107 Å². The van der Waals surface area contributed by atoms with Gasteiger partial charge in [0, 0.05) is 32.2 Å². The fourth-order valence-electron chi connectivity index (χ4n) is 5.75. The summed E-state index contributed by atoms with van der Waals surface area (Å²) in [7, 11) is 0. The largest absolute Gasteiger partial charge is 0.480 e. The predicted octanol–water partition coefficient (Wildman–Crippen LogP) is -4.37. The molecule has 21 nitrogen and oxygen atoms in total. The van der Waals surface area contributed by atoms with Crippen LogP contribution in [0.5, 0.6) is 0 Å². The Bertz CT molecular complexity index is 1590. The van der Waals surface area contributed by atoms with Crippen LogP contribution in [0.1, 0.15) is 69.8 Å². The van der Waals surface area contributed by atoms with Crippen LogP contribution in [0.25, 0.3) is 0 Å². The quantitative estimate of drug-likeness (QED) is 0.0476. The first-order valence-electron chi connectivity index (χ1n) is 17.6. The zero-order valence-corrected chi connectivity index (χ0v) is 30.2. The zero-order chi connectivity index (χ0) is 41.2. The highest BCUT2D eigenvalue weighted by molar-refractivity contribution is 5.97. The molecule has 1 fully saturated rings. The van der Waals surface area contributed by atoms with Gasteiger partial charge in [-0.2, -0.15) is 0 Å². The number of rotatable bonds is 24. The molecule has 1 heterocycles. The smallest absolute Gasteiger partial charge is 0.326 e. The van der Waals surface area contributed by atoms with Crippen LogP contribution < -0.4 is 49.9 Å². The lowest BCUT2D eigenvalue weighted by Crippen LogP contribution is -2.59. The number of nitrogens with one attached hydrogen (secondary N) is 4. The summed E-state index contributed by atoms with van der Waals surface area (Å²) in [4.78, 5) is 126. The molecule has 9 amide bonds. The number of hydrogen-bond acceptors (Lipinski definition) is 11. The second-order valence-electron chi connectivity index (χ2n) is 13.1. The number of nitrogens with zero attached hydrogens (tertiary/aromatic N) is 1. The summed E-state index contributed by atoms with van der Waals surface area (Å²) in [5.74, 6) is -9.07. The average molecular weight is 775 g/mol. The summed E-state index contributed by atoms with van der Waals surface area (Å²) in [6, 6.07) is 0.559. The summed E-state index contributed by atoms with van der Waals surface area (Å²) in [6.45, 7) is 0.00238. The molecule has 1 aliphatic heterocycles. The second kappa shape index (κ2) is 22.2. The fraction of sp³-hybridized carbons (Fsp3) is 0.529. The first-order chi connectivity index (χ1) is 25.9. The van der Waals surface area contributed by atoms with Gasteiger partial charge in [-0.15, -0.1) is 0 Å². The van der Waals surface area contributed by atoms with Crippen LogP contribution in [0.15, 0.2) is 30.3 Å². The van der Waals surface area contributed by atoms with Crippen molar-refractivity contribution in [3.05, 3.63) is 35.9 Å². The van der Waals surface area contributed by atoms with Gasteiger partial charge >= 0.3 is 5.97 Å². The lowest BCUT2D eigenvalue weighted by Gasteiger charge is -2.31. The van der Waals surface area contributed by atoms with Gasteiger partial charge in [0.25, 0.3) is 0 Å². The van der Waals surface area contributed by atoms with Gasteiger partial charge in [-0.05, 0) is 50.5 Å². The summed E-state index contributed by atoms with van der Waals surface area (Å²) in [5.41, 5.74) is 27.8. The van der Waals surface area contributed by atoms with Crippen LogP contribution in [0.3, 0.4) is 0 Å². The van der Waals surface area contributed by atoms with E-state index in [1.807, 2.05) is 0 Å². The Balaban J connectivity index is 2.28. The first-order valence-corrected chi connectivity index (χ1v) is 17.6. The normalized spacial score (nSPS) is 16.3. The minimum Gasteiger partial charge on any atom is -0.480 e. The Labute approximate surface area is 316 Å². The van der Waals surface area contributed by atoms with E-state index < -0.39 is 102 Å². The number of primary amides is 4. The third kappa shape index (κ3) is 15.8. The highest BCUT2D eigenvalue weighted by atomic mass is 16.4. The van der Waals surface area contributed by atoms with Gasteiger partial charge in [0.2, 0.25) is 53.2 Å². The van der Waals surface area contributed by atoms with E-state index in [1.165, 1.54) is 0 Å². The van der Waals surface area contributed by atoms with Gasteiger partial charge in [0.1, 0.15) is 30.2 Å². The number of benzene rings is 1. The molecule has 302 valence electrons. The SMILES string of the molecule is NC(=O)CC[C@H](NC(=O)[C@H](CCC(N)=O)NC(=O)[C@@H]1CCCN1C(=O)[C@H](CCC(N)=O)NC(=O)[C@H](CCC(N)=O)NC(=O)[C@@H](N)Cc1ccccc1)C(=O)O. The van der Waals surface area contributed by atoms with E-state index in [2.05, 4.69) is 21.3 Å². The number of carboxylic acid groups (broad SMARTS) is 1. The van der Waals surface area contributed by atoms with E-state index in [1.54, 1.807) is 30.3 Å². The molecule has 21 heteroatoms. The Morgan fingerprint density at radius 3 is 1.56 bits per heavy atom. The molecule has 2 rings (SSSR count). The molecule has 0 radical (unpaired) electrons. The van der Waals surface area contributed by atoms with Crippen molar-refractivity contribution in [3.63, 3.8) is 0 Å². The highest BCUT2D eigenvalue weighted by Crippen LogP contribution is 2.21. The molecule has 1 aromatic carbocycles. The highest BCUT2D eigenvalue weighted by Gasteiger charge is 2.40. The number of hydrogen-bond donors (Lipinski definition) is 10. The maximum absolute atomic E-state index is 14.0. The van der Waals surface area contributed by atoms with Gasteiger partial charge < -0.3 is 59.9 Å². The van der Waals surface area contributed by atoms with Crippen LogP contribution in [-0.2, 0) is 54.4 Å². The Morgan fingerprint density at radius 2 is 1.07 bits per heavy atom. The standard InChI is InChI=1S/C34H50N10O11/c35-19(17-18-5-2-1-3-6-18)29(49)40-20(8-12-25(36)45)30(50)42-22(10-14-27(38)47)33(53)44-16-4-7-24(44)32(52)41-21(9-13-26(37)46)31(51)43-23(34(54)55)11-15-28(39)48/h1-3,5-6,19-24H,4,7-17,35H2,(H2,36,45)(H2,37,46)(H2,38,47)(H2,39,48)(H,40,49)(H,41,52)(H,42,50)(H,43,51)(H,54,55)/t19-,20-,21-,22-,23-,24-/m0/s1. The van der Waals surface area contributed by atoms with Gasteiger partial charge in [0.15, 0.2) is 0 Å². The van der Waals surface area contributed by atoms with Crippen LogP contribution in [0, 0.1) is 0 Å². The van der Waals surface area contributed by atoms with Crippen LogP contribution in [0.2, 0.25) is 0 Å². The third-order valence-corrected chi connectivity index (χ3v) is 8.69. The molecule has 0 saturated carbocycles. The minimum atomic E-state index is -1.57. The van der Waals surface area contributed by atoms with Crippen molar-refractivity contribution in [1.82, 2.24) is 26.2 Å². The van der Waals surface area contributed by atoms with E-state index in [0.29, 0.717) is 6.42 Å². The van der Waals surface area contributed by atoms with Crippen molar-refractivity contribution in [2.75, 3.05) is 6.54 Å². The molecule has 1 aliphatic rings. The number of aliphatic carboxylic acids is 1. The summed E-state index contributed by atoms with van der Waals surface area (Å²) < 4.78 is 0.